The number of rotatable bonds is 3. The van der Waals surface area contributed by atoms with Crippen LogP contribution in [0.5, 0.6) is 11.6 Å². The number of nitrogens with one attached hydrogen (secondary N) is 1. The van der Waals surface area contributed by atoms with Crippen molar-refractivity contribution in [3.63, 3.8) is 0 Å². The minimum atomic E-state index is 0.274. The van der Waals surface area contributed by atoms with Gasteiger partial charge in [0.1, 0.15) is 5.75 Å². The number of ether oxygens (including phenoxy) is 1. The lowest BCUT2D eigenvalue weighted by atomic mass is 10.3. The molecule has 7 heteroatoms. The Kier molecular flexibility index (Phi) is 3.86. The Labute approximate surface area is 114 Å². The van der Waals surface area contributed by atoms with Crippen LogP contribution in [0.1, 0.15) is 5.56 Å². The molecule has 2 rings (SSSR count). The molecule has 3 N–H and O–H groups in total. The fourth-order valence-electron chi connectivity index (χ4n) is 1.25. The van der Waals surface area contributed by atoms with E-state index in [9.17, 15) is 0 Å². The van der Waals surface area contributed by atoms with Crippen molar-refractivity contribution in [2.75, 3.05) is 5.43 Å². The van der Waals surface area contributed by atoms with Crippen LogP contribution in [0.15, 0.2) is 24.4 Å². The van der Waals surface area contributed by atoms with E-state index < -0.39 is 0 Å². The summed E-state index contributed by atoms with van der Waals surface area (Å²) in [7, 11) is 0. The van der Waals surface area contributed by atoms with Crippen molar-refractivity contribution >= 4 is 29.2 Å². The summed E-state index contributed by atoms with van der Waals surface area (Å²) in [5, 5.41) is 0.880. The molecule has 0 radical (unpaired) electrons. The third-order valence-corrected chi connectivity index (χ3v) is 2.90. The van der Waals surface area contributed by atoms with Crippen molar-refractivity contribution in [2.45, 2.75) is 6.92 Å². The molecule has 2 aromatic rings. The van der Waals surface area contributed by atoms with Crippen LogP contribution in [-0.2, 0) is 0 Å². The zero-order chi connectivity index (χ0) is 13.1. The third kappa shape index (κ3) is 2.81. The van der Waals surface area contributed by atoms with Gasteiger partial charge in [0.25, 0.3) is 0 Å². The van der Waals surface area contributed by atoms with Crippen molar-refractivity contribution in [3.05, 3.63) is 40.0 Å². The Bertz CT molecular complexity index is 577. The first kappa shape index (κ1) is 12.9. The quantitative estimate of drug-likeness (QED) is 0.669. The number of anilines is 1. The lowest BCUT2D eigenvalue weighted by Gasteiger charge is -2.09. The topological polar surface area (TPSA) is 73.1 Å². The second-order valence-electron chi connectivity index (χ2n) is 3.50. The summed E-state index contributed by atoms with van der Waals surface area (Å²) in [4.78, 5) is 8.05. The Morgan fingerprint density at radius 2 is 2.06 bits per heavy atom. The van der Waals surface area contributed by atoms with Gasteiger partial charge in [0.2, 0.25) is 11.8 Å². The van der Waals surface area contributed by atoms with Crippen molar-refractivity contribution in [1.82, 2.24) is 9.97 Å². The maximum absolute atomic E-state index is 5.90. The van der Waals surface area contributed by atoms with Crippen molar-refractivity contribution in [2.24, 2.45) is 5.84 Å². The van der Waals surface area contributed by atoms with Gasteiger partial charge in [0, 0.05) is 17.8 Å². The molecule has 1 heterocycles. The molecule has 94 valence electrons. The van der Waals surface area contributed by atoms with Crippen LogP contribution < -0.4 is 16.0 Å². The molecule has 18 heavy (non-hydrogen) atoms. The molecule has 0 saturated heterocycles. The largest absolute Gasteiger partial charge is 0.439 e. The van der Waals surface area contributed by atoms with Crippen LogP contribution in [0.3, 0.4) is 0 Å². The molecule has 0 aliphatic carbocycles. The van der Waals surface area contributed by atoms with Crippen LogP contribution in [0, 0.1) is 6.92 Å². The van der Waals surface area contributed by atoms with E-state index in [1.807, 2.05) is 6.92 Å². The Morgan fingerprint density at radius 3 is 2.72 bits per heavy atom. The zero-order valence-electron chi connectivity index (χ0n) is 9.45. The number of halogens is 2. The number of benzene rings is 1. The highest BCUT2D eigenvalue weighted by Crippen LogP contribution is 2.29. The number of aryl methyl sites for hydroxylation is 1. The summed E-state index contributed by atoms with van der Waals surface area (Å²) in [6, 6.07) is 4.96. The Balaban J connectivity index is 2.30. The van der Waals surface area contributed by atoms with E-state index in [2.05, 4.69) is 15.4 Å². The molecule has 0 amide bonds. The minimum absolute atomic E-state index is 0.274. The molecule has 0 spiro atoms. The summed E-state index contributed by atoms with van der Waals surface area (Å²) in [5.74, 6) is 6.45. The molecule has 0 unspecified atom stereocenters. The predicted octanol–water partition coefficient (Wildman–Crippen LogP) is 3.17. The fraction of sp³-hybridized carbons (Fsp3) is 0.0909. The molecule has 1 aromatic heterocycles. The van der Waals surface area contributed by atoms with E-state index in [4.69, 9.17) is 33.8 Å². The van der Waals surface area contributed by atoms with E-state index in [1.54, 1.807) is 24.4 Å². The normalized spacial score (nSPS) is 10.2. The maximum Gasteiger partial charge on any atom is 0.240 e. The van der Waals surface area contributed by atoms with Gasteiger partial charge in [-0.25, -0.2) is 10.8 Å². The molecule has 0 saturated carbocycles. The van der Waals surface area contributed by atoms with Crippen LogP contribution >= 0.6 is 23.2 Å². The smallest absolute Gasteiger partial charge is 0.240 e. The summed E-state index contributed by atoms with van der Waals surface area (Å²) in [6.45, 7) is 1.83. The van der Waals surface area contributed by atoms with E-state index in [0.717, 1.165) is 5.56 Å². The molecular weight excluding hydrogens is 275 g/mol. The monoisotopic (exact) mass is 284 g/mol. The predicted molar refractivity (Wildman–Crippen MR) is 71.1 cm³/mol. The zero-order valence-corrected chi connectivity index (χ0v) is 11.0. The number of nitrogens with two attached hydrogens (primary N) is 1. The van der Waals surface area contributed by atoms with E-state index in [-0.39, 0.29) is 5.95 Å². The summed E-state index contributed by atoms with van der Waals surface area (Å²) >= 11 is 11.7. The van der Waals surface area contributed by atoms with Gasteiger partial charge in [-0.15, -0.1) is 0 Å². The summed E-state index contributed by atoms with van der Waals surface area (Å²) < 4.78 is 5.60. The average molecular weight is 285 g/mol. The van der Waals surface area contributed by atoms with E-state index >= 15 is 0 Å². The van der Waals surface area contributed by atoms with Gasteiger partial charge in [0.15, 0.2) is 0 Å². The van der Waals surface area contributed by atoms with E-state index in [0.29, 0.717) is 21.7 Å². The lowest BCUT2D eigenvalue weighted by molar-refractivity contribution is 0.458. The van der Waals surface area contributed by atoms with Crippen molar-refractivity contribution in [3.8, 4) is 11.6 Å². The lowest BCUT2D eigenvalue weighted by Crippen LogP contribution is -2.11. The Hall–Kier alpha value is -1.56. The molecule has 0 aliphatic rings. The van der Waals surface area contributed by atoms with Crippen LogP contribution in [0.2, 0.25) is 10.0 Å². The van der Waals surface area contributed by atoms with Crippen LogP contribution in [0.4, 0.5) is 5.95 Å². The fourth-order valence-corrected chi connectivity index (χ4v) is 1.54. The first-order valence-corrected chi connectivity index (χ1v) is 5.79. The molecule has 0 bridgehead atoms. The van der Waals surface area contributed by atoms with Gasteiger partial charge in [-0.3, -0.25) is 5.43 Å². The number of hydrogen-bond donors (Lipinski definition) is 2. The van der Waals surface area contributed by atoms with Gasteiger partial charge >= 0.3 is 0 Å². The minimum Gasteiger partial charge on any atom is -0.439 e. The van der Waals surface area contributed by atoms with Gasteiger partial charge < -0.3 is 4.74 Å². The SMILES string of the molecule is Cc1cnc(NN)nc1Oc1ccc(Cl)c(Cl)c1. The first-order valence-electron chi connectivity index (χ1n) is 5.03. The number of nitrogens with zero attached hydrogens (tertiary/aromatic N) is 2. The van der Waals surface area contributed by atoms with Gasteiger partial charge in [0.05, 0.1) is 10.0 Å². The maximum atomic E-state index is 5.90. The molecule has 1 aromatic carbocycles. The van der Waals surface area contributed by atoms with Crippen LogP contribution in [-0.4, -0.2) is 9.97 Å². The standard InChI is InChI=1S/C11H10Cl2N4O/c1-6-5-15-11(17-14)16-10(6)18-7-2-3-8(12)9(13)4-7/h2-5H,14H2,1H3,(H,15,16,17). The van der Waals surface area contributed by atoms with Crippen molar-refractivity contribution < 1.29 is 4.74 Å². The average Bonchev–Trinajstić information content (AvgIpc) is 2.36. The summed E-state index contributed by atoms with van der Waals surface area (Å²) in [5.41, 5.74) is 3.13. The highest BCUT2D eigenvalue weighted by Gasteiger charge is 2.07. The van der Waals surface area contributed by atoms with Gasteiger partial charge in [-0.05, 0) is 19.1 Å². The second-order valence-corrected chi connectivity index (χ2v) is 4.32. The van der Waals surface area contributed by atoms with Gasteiger partial charge in [-0.2, -0.15) is 4.98 Å². The number of nitrogen functional groups attached to an aromatic ring is 1. The molecule has 0 atom stereocenters. The number of aromatic nitrogens is 2. The molecule has 0 aliphatic heterocycles. The molecular formula is C11H10Cl2N4O. The molecule has 0 fully saturated rings. The first-order chi connectivity index (χ1) is 8.60. The van der Waals surface area contributed by atoms with Gasteiger partial charge in [-0.1, -0.05) is 23.2 Å². The number of hydrazine groups is 1. The second kappa shape index (κ2) is 5.39. The highest BCUT2D eigenvalue weighted by molar-refractivity contribution is 6.42. The number of hydrogen-bond acceptors (Lipinski definition) is 5. The summed E-state index contributed by atoms with van der Waals surface area (Å²) in [6.07, 6.45) is 1.61. The molecule has 5 nitrogen and oxygen atoms in total. The van der Waals surface area contributed by atoms with Crippen molar-refractivity contribution in [1.29, 1.82) is 0 Å². The third-order valence-electron chi connectivity index (χ3n) is 2.16. The van der Waals surface area contributed by atoms with Crippen LogP contribution in [0.25, 0.3) is 0 Å². The highest BCUT2D eigenvalue weighted by atomic mass is 35.5. The Morgan fingerprint density at radius 1 is 1.28 bits per heavy atom. The van der Waals surface area contributed by atoms with E-state index in [1.165, 1.54) is 0 Å².